The molecular weight excluding hydrogens is 166 g/mol. The molecule has 0 amide bonds. The Bertz CT molecular complexity index is 479. The van der Waals surface area contributed by atoms with Crippen LogP contribution in [0.2, 0.25) is 0 Å². The Balaban J connectivity index is 2.70. The van der Waals surface area contributed by atoms with Crippen LogP contribution in [0.15, 0.2) is 18.6 Å². The number of fused-ring (bicyclic) bond motifs is 1. The molecule has 2 N–H and O–H groups in total. The Morgan fingerprint density at radius 1 is 1.54 bits per heavy atom. The summed E-state index contributed by atoms with van der Waals surface area (Å²) < 4.78 is 1.56. The molecule has 5 nitrogen and oxygen atoms in total. The zero-order valence-corrected chi connectivity index (χ0v) is 6.81. The van der Waals surface area contributed by atoms with Gasteiger partial charge in [0.2, 0.25) is 0 Å². The minimum Gasteiger partial charge on any atom is -0.326 e. The second-order valence-corrected chi connectivity index (χ2v) is 2.60. The Morgan fingerprint density at radius 3 is 3.08 bits per heavy atom. The van der Waals surface area contributed by atoms with Crippen LogP contribution < -0.4 is 5.73 Å². The van der Waals surface area contributed by atoms with E-state index in [0.29, 0.717) is 17.8 Å². The number of hydrogen-bond donors (Lipinski definition) is 1. The van der Waals surface area contributed by atoms with Crippen molar-refractivity contribution in [2.45, 2.75) is 6.54 Å². The molecule has 0 aliphatic rings. The van der Waals surface area contributed by atoms with E-state index in [1.165, 1.54) is 6.20 Å². The minimum atomic E-state index is 0.421. The number of hydrogen-bond acceptors (Lipinski definition) is 4. The summed E-state index contributed by atoms with van der Waals surface area (Å²) in [5.74, 6) is 0. The Labute approximate surface area is 74.4 Å². The number of rotatable bonds is 1. The van der Waals surface area contributed by atoms with Crippen molar-refractivity contribution in [3.63, 3.8) is 0 Å². The lowest BCUT2D eigenvalue weighted by Crippen LogP contribution is -2.00. The van der Waals surface area contributed by atoms with Gasteiger partial charge in [-0.05, 0) is 0 Å². The van der Waals surface area contributed by atoms with Gasteiger partial charge in [-0.15, -0.1) is 0 Å². The van der Waals surface area contributed by atoms with Crippen molar-refractivity contribution in [3.05, 3.63) is 29.7 Å². The molecule has 0 aliphatic heterocycles. The van der Waals surface area contributed by atoms with Gasteiger partial charge in [0.05, 0.1) is 6.20 Å². The lowest BCUT2D eigenvalue weighted by atomic mass is 10.3. The Kier molecular flexibility index (Phi) is 1.69. The third-order valence-corrected chi connectivity index (χ3v) is 1.77. The molecular formula is C8H7N5. The first-order chi connectivity index (χ1) is 6.35. The normalized spacial score (nSPS) is 10.2. The highest BCUT2D eigenvalue weighted by Crippen LogP contribution is 2.06. The van der Waals surface area contributed by atoms with Crippen molar-refractivity contribution >= 4 is 5.65 Å². The zero-order chi connectivity index (χ0) is 9.26. The van der Waals surface area contributed by atoms with Crippen LogP contribution in [-0.2, 0) is 6.54 Å². The fraction of sp³-hybridized carbons (Fsp3) is 0.125. The topological polar surface area (TPSA) is 80.0 Å². The third-order valence-electron chi connectivity index (χ3n) is 1.77. The molecule has 0 radical (unpaired) electrons. The molecule has 0 aliphatic carbocycles. The molecule has 0 saturated carbocycles. The number of aromatic nitrogens is 3. The van der Waals surface area contributed by atoms with Gasteiger partial charge in [-0.3, -0.25) is 0 Å². The molecule has 0 spiro atoms. The molecule has 2 rings (SSSR count). The first-order valence-corrected chi connectivity index (χ1v) is 3.77. The van der Waals surface area contributed by atoms with Crippen molar-refractivity contribution in [2.24, 2.45) is 5.73 Å². The number of nitriles is 1. The SMILES string of the molecule is N#Cc1cnn2cc(CN)cnc12. The van der Waals surface area contributed by atoms with Gasteiger partial charge in [-0.2, -0.15) is 10.4 Å². The predicted octanol–water partition coefficient (Wildman–Crippen LogP) is 0.0597. The quantitative estimate of drug-likeness (QED) is 0.661. The summed E-state index contributed by atoms with van der Waals surface area (Å²) in [4.78, 5) is 4.08. The fourth-order valence-electron chi connectivity index (χ4n) is 1.10. The average Bonchev–Trinajstić information content (AvgIpc) is 2.59. The Hall–Kier alpha value is -1.93. The summed E-state index contributed by atoms with van der Waals surface area (Å²) in [5, 5.41) is 12.7. The van der Waals surface area contributed by atoms with Gasteiger partial charge >= 0.3 is 0 Å². The molecule has 13 heavy (non-hydrogen) atoms. The van der Waals surface area contributed by atoms with Crippen LogP contribution in [-0.4, -0.2) is 14.6 Å². The molecule has 0 saturated heterocycles. The van der Waals surface area contributed by atoms with Gasteiger partial charge in [0.25, 0.3) is 0 Å². The summed E-state index contributed by atoms with van der Waals surface area (Å²) in [6, 6.07) is 2.01. The molecule has 0 aromatic carbocycles. The van der Waals surface area contributed by atoms with Crippen molar-refractivity contribution in [1.29, 1.82) is 5.26 Å². The lowest BCUT2D eigenvalue weighted by Gasteiger charge is -1.96. The average molecular weight is 173 g/mol. The van der Waals surface area contributed by atoms with E-state index in [9.17, 15) is 0 Å². The van der Waals surface area contributed by atoms with Gasteiger partial charge in [0, 0.05) is 24.5 Å². The highest BCUT2D eigenvalue weighted by Gasteiger charge is 2.03. The maximum Gasteiger partial charge on any atom is 0.172 e. The second-order valence-electron chi connectivity index (χ2n) is 2.60. The maximum atomic E-state index is 8.68. The van der Waals surface area contributed by atoms with Gasteiger partial charge in [0.15, 0.2) is 5.65 Å². The number of nitrogens with two attached hydrogens (primary N) is 1. The predicted molar refractivity (Wildman–Crippen MR) is 45.6 cm³/mol. The summed E-state index contributed by atoms with van der Waals surface area (Å²) in [6.07, 6.45) is 4.91. The van der Waals surface area contributed by atoms with E-state index in [0.717, 1.165) is 5.56 Å². The van der Waals surface area contributed by atoms with Gasteiger partial charge in [-0.1, -0.05) is 0 Å². The molecule has 0 fully saturated rings. The summed E-state index contributed by atoms with van der Waals surface area (Å²) in [6.45, 7) is 0.421. The molecule has 5 heteroatoms. The van der Waals surface area contributed by atoms with Crippen LogP contribution in [0.5, 0.6) is 0 Å². The van der Waals surface area contributed by atoms with E-state index in [4.69, 9.17) is 11.0 Å². The van der Waals surface area contributed by atoms with Gasteiger partial charge in [-0.25, -0.2) is 9.50 Å². The fourth-order valence-corrected chi connectivity index (χ4v) is 1.10. The lowest BCUT2D eigenvalue weighted by molar-refractivity contribution is 0.902. The molecule has 0 unspecified atom stereocenters. The minimum absolute atomic E-state index is 0.421. The van der Waals surface area contributed by atoms with E-state index in [1.54, 1.807) is 16.9 Å². The molecule has 2 heterocycles. The molecule has 64 valence electrons. The standard InChI is InChI=1S/C8H7N5/c9-1-6-3-11-8-7(2-10)4-12-13(8)5-6/h3-5H,1,9H2. The smallest absolute Gasteiger partial charge is 0.172 e. The van der Waals surface area contributed by atoms with Crippen LogP contribution in [0.1, 0.15) is 11.1 Å². The molecule has 0 atom stereocenters. The van der Waals surface area contributed by atoms with Crippen LogP contribution >= 0.6 is 0 Å². The van der Waals surface area contributed by atoms with Crippen molar-refractivity contribution in [1.82, 2.24) is 14.6 Å². The largest absolute Gasteiger partial charge is 0.326 e. The summed E-state index contributed by atoms with van der Waals surface area (Å²) in [5.41, 5.74) is 7.37. The summed E-state index contributed by atoms with van der Waals surface area (Å²) in [7, 11) is 0. The monoisotopic (exact) mass is 173 g/mol. The highest BCUT2D eigenvalue weighted by atomic mass is 15.2. The Morgan fingerprint density at radius 2 is 2.38 bits per heavy atom. The van der Waals surface area contributed by atoms with Crippen molar-refractivity contribution in [2.75, 3.05) is 0 Å². The van der Waals surface area contributed by atoms with E-state index in [2.05, 4.69) is 10.1 Å². The van der Waals surface area contributed by atoms with Crippen molar-refractivity contribution in [3.8, 4) is 6.07 Å². The van der Waals surface area contributed by atoms with Gasteiger partial charge < -0.3 is 5.73 Å². The molecule has 0 bridgehead atoms. The summed E-state index contributed by atoms with van der Waals surface area (Å²) >= 11 is 0. The van der Waals surface area contributed by atoms with Gasteiger partial charge in [0.1, 0.15) is 11.6 Å². The van der Waals surface area contributed by atoms with E-state index >= 15 is 0 Å². The third kappa shape index (κ3) is 1.13. The first-order valence-electron chi connectivity index (χ1n) is 3.77. The van der Waals surface area contributed by atoms with Crippen LogP contribution in [0.25, 0.3) is 5.65 Å². The van der Waals surface area contributed by atoms with E-state index in [-0.39, 0.29) is 0 Å². The van der Waals surface area contributed by atoms with E-state index < -0.39 is 0 Å². The maximum absolute atomic E-state index is 8.68. The van der Waals surface area contributed by atoms with Crippen molar-refractivity contribution < 1.29 is 0 Å². The molecule has 2 aromatic heterocycles. The molecule has 2 aromatic rings. The van der Waals surface area contributed by atoms with Crippen LogP contribution in [0, 0.1) is 11.3 Å². The van der Waals surface area contributed by atoms with E-state index in [1.807, 2.05) is 6.07 Å². The van der Waals surface area contributed by atoms with Crippen LogP contribution in [0.4, 0.5) is 0 Å². The second kappa shape index (κ2) is 2.84. The van der Waals surface area contributed by atoms with Crippen LogP contribution in [0.3, 0.4) is 0 Å². The number of nitrogens with zero attached hydrogens (tertiary/aromatic N) is 4. The first kappa shape index (κ1) is 7.71. The highest BCUT2D eigenvalue weighted by molar-refractivity contribution is 5.53. The zero-order valence-electron chi connectivity index (χ0n) is 6.81.